The van der Waals surface area contributed by atoms with Gasteiger partial charge in [-0.05, 0) is 19.8 Å². The molecule has 2 fully saturated rings. The second kappa shape index (κ2) is 3.98. The zero-order valence-corrected chi connectivity index (χ0v) is 10.2. The van der Waals surface area contributed by atoms with Crippen LogP contribution in [0.4, 0.5) is 4.79 Å². The van der Waals surface area contributed by atoms with Gasteiger partial charge in [-0.25, -0.2) is 4.31 Å². The molecule has 1 spiro atoms. The van der Waals surface area contributed by atoms with Crippen LogP contribution < -0.4 is 0 Å². The lowest BCUT2D eigenvalue weighted by Crippen LogP contribution is -2.53. The van der Waals surface area contributed by atoms with Crippen molar-refractivity contribution in [2.24, 2.45) is 0 Å². The van der Waals surface area contributed by atoms with Gasteiger partial charge in [0.15, 0.2) is 5.81 Å². The number of amides is 1. The van der Waals surface area contributed by atoms with Crippen LogP contribution in [-0.2, 0) is 14.5 Å². The van der Waals surface area contributed by atoms with Crippen LogP contribution in [0.3, 0.4) is 0 Å². The molecule has 0 aromatic heterocycles. The van der Waals surface area contributed by atoms with Crippen LogP contribution in [0.5, 0.6) is 0 Å². The van der Waals surface area contributed by atoms with Gasteiger partial charge in [-0.1, -0.05) is 0 Å². The van der Waals surface area contributed by atoms with E-state index in [0.717, 1.165) is 0 Å². The third kappa shape index (κ3) is 1.99. The molecule has 2 saturated heterocycles. The Morgan fingerprint density at radius 1 is 1.59 bits per heavy atom. The molecule has 0 aromatic rings. The van der Waals surface area contributed by atoms with Crippen molar-refractivity contribution in [3.63, 3.8) is 0 Å². The third-order valence-electron chi connectivity index (χ3n) is 3.22. The highest BCUT2D eigenvalue weighted by molar-refractivity contribution is 7.85. The molecule has 0 unspecified atom stereocenters. The SMILES string of the molecule is [B]C(=O)N1[C@@]2(CCN(B(C)O)C2)COS1(=O)=O. The number of hydrogen-bond donors (Lipinski definition) is 1. The smallest absolute Gasteiger partial charge is 0.376 e. The summed E-state index contributed by atoms with van der Waals surface area (Å²) in [5.41, 5.74) is -0.971. The molecule has 92 valence electrons. The fourth-order valence-electron chi connectivity index (χ4n) is 2.37. The molecule has 10 heteroatoms. The van der Waals surface area contributed by atoms with Crippen LogP contribution in [-0.4, -0.2) is 68.5 Å². The summed E-state index contributed by atoms with van der Waals surface area (Å²) in [6.07, 6.45) is 0.403. The minimum atomic E-state index is -4.08. The van der Waals surface area contributed by atoms with Gasteiger partial charge in [0.1, 0.15) is 0 Å². The number of carbonyl (C=O) groups excluding carboxylic acids is 1. The maximum Gasteiger partial charge on any atom is 0.376 e. The molecule has 7 nitrogen and oxygen atoms in total. The first kappa shape index (κ1) is 12.9. The highest BCUT2D eigenvalue weighted by Crippen LogP contribution is 2.36. The second-order valence-corrected chi connectivity index (χ2v) is 5.86. The Hall–Kier alpha value is -0.570. The monoisotopic (exact) mass is 258 g/mol. The summed E-state index contributed by atoms with van der Waals surface area (Å²) in [4.78, 5) is 12.9. The maximum absolute atomic E-state index is 11.6. The van der Waals surface area contributed by atoms with Crippen LogP contribution in [0.2, 0.25) is 6.82 Å². The largest absolute Gasteiger partial charge is 0.437 e. The first-order valence-electron chi connectivity index (χ1n) is 5.20. The molecule has 1 N–H and O–H groups in total. The van der Waals surface area contributed by atoms with E-state index in [1.807, 2.05) is 0 Å². The molecule has 0 bridgehead atoms. The van der Waals surface area contributed by atoms with Crippen LogP contribution in [0.1, 0.15) is 6.42 Å². The molecular formula is C7H12B2N2O5S. The predicted molar refractivity (Wildman–Crippen MR) is 60.6 cm³/mol. The predicted octanol–water partition coefficient (Wildman–Crippen LogP) is -1.59. The van der Waals surface area contributed by atoms with E-state index in [4.69, 9.17) is 7.85 Å². The molecule has 0 aromatic carbocycles. The summed E-state index contributed by atoms with van der Waals surface area (Å²) in [6.45, 7) is 2.19. The van der Waals surface area contributed by atoms with Gasteiger partial charge in [-0.3, -0.25) is 8.98 Å². The summed E-state index contributed by atoms with van der Waals surface area (Å²) >= 11 is 0. The van der Waals surface area contributed by atoms with E-state index in [9.17, 15) is 18.2 Å². The van der Waals surface area contributed by atoms with Gasteiger partial charge in [0.25, 0.3) is 0 Å². The van der Waals surface area contributed by atoms with Crippen molar-refractivity contribution in [2.75, 3.05) is 19.7 Å². The second-order valence-electron chi connectivity index (χ2n) is 4.40. The van der Waals surface area contributed by atoms with Crippen molar-refractivity contribution in [3.8, 4) is 0 Å². The quantitative estimate of drug-likeness (QED) is 0.570. The summed E-state index contributed by atoms with van der Waals surface area (Å²) in [5, 5.41) is 9.45. The van der Waals surface area contributed by atoms with E-state index < -0.39 is 28.7 Å². The molecule has 2 aliphatic heterocycles. The van der Waals surface area contributed by atoms with E-state index in [0.29, 0.717) is 17.3 Å². The van der Waals surface area contributed by atoms with Crippen molar-refractivity contribution in [3.05, 3.63) is 0 Å². The Morgan fingerprint density at radius 3 is 2.71 bits per heavy atom. The normalized spacial score (nSPS) is 32.2. The fourth-order valence-corrected chi connectivity index (χ4v) is 3.74. The Balaban J connectivity index is 2.31. The Morgan fingerprint density at radius 2 is 2.24 bits per heavy atom. The van der Waals surface area contributed by atoms with E-state index >= 15 is 0 Å². The van der Waals surface area contributed by atoms with Gasteiger partial charge in [-0.2, -0.15) is 8.42 Å². The average Bonchev–Trinajstić information content (AvgIpc) is 2.70. The lowest BCUT2D eigenvalue weighted by Gasteiger charge is -2.30. The molecule has 1 amide bonds. The fraction of sp³-hybridized carbons (Fsp3) is 0.857. The first-order valence-corrected chi connectivity index (χ1v) is 6.56. The Bertz CT molecular complexity index is 442. The lowest BCUT2D eigenvalue weighted by molar-refractivity contribution is 0.194. The van der Waals surface area contributed by atoms with E-state index in [2.05, 4.69) is 4.18 Å². The van der Waals surface area contributed by atoms with Crippen molar-refractivity contribution in [2.45, 2.75) is 18.8 Å². The molecule has 17 heavy (non-hydrogen) atoms. The van der Waals surface area contributed by atoms with Gasteiger partial charge in [0, 0.05) is 6.54 Å². The molecule has 0 aliphatic carbocycles. The Kier molecular flexibility index (Phi) is 3.01. The number of rotatable bonds is 1. The van der Waals surface area contributed by atoms with E-state index in [1.54, 1.807) is 11.6 Å². The van der Waals surface area contributed by atoms with E-state index in [-0.39, 0.29) is 13.2 Å². The van der Waals surface area contributed by atoms with Crippen LogP contribution in [0.15, 0.2) is 0 Å². The van der Waals surface area contributed by atoms with Crippen molar-refractivity contribution >= 4 is 31.0 Å². The van der Waals surface area contributed by atoms with E-state index in [1.165, 1.54) is 0 Å². The number of carbonyl (C=O) groups is 1. The molecule has 2 radical (unpaired) electrons. The topological polar surface area (TPSA) is 87.2 Å². The van der Waals surface area contributed by atoms with Crippen LogP contribution in [0, 0.1) is 0 Å². The molecule has 2 aliphatic rings. The van der Waals surface area contributed by atoms with Crippen LogP contribution in [0.25, 0.3) is 0 Å². The highest BCUT2D eigenvalue weighted by atomic mass is 32.2. The molecular weight excluding hydrogens is 246 g/mol. The van der Waals surface area contributed by atoms with Gasteiger partial charge >= 0.3 is 17.4 Å². The summed E-state index contributed by atoms with van der Waals surface area (Å²) in [5.74, 6) is -1.05. The van der Waals surface area contributed by atoms with Gasteiger partial charge in [0.2, 0.25) is 7.85 Å². The van der Waals surface area contributed by atoms with Crippen molar-refractivity contribution in [1.82, 2.24) is 9.12 Å². The molecule has 0 saturated carbocycles. The minimum absolute atomic E-state index is 0.110. The highest BCUT2D eigenvalue weighted by Gasteiger charge is 2.56. The zero-order valence-electron chi connectivity index (χ0n) is 9.37. The van der Waals surface area contributed by atoms with Gasteiger partial charge in [0.05, 0.1) is 12.1 Å². The zero-order chi connectivity index (χ0) is 12.8. The summed E-state index contributed by atoms with van der Waals surface area (Å²) in [7, 11) is 0.318. The molecule has 2 rings (SSSR count). The number of nitrogens with zero attached hydrogens (tertiary/aromatic N) is 2. The summed E-state index contributed by atoms with van der Waals surface area (Å²) < 4.78 is 28.4. The van der Waals surface area contributed by atoms with Gasteiger partial charge < -0.3 is 9.83 Å². The maximum atomic E-state index is 11.6. The van der Waals surface area contributed by atoms with Crippen LogP contribution >= 0.6 is 0 Å². The van der Waals surface area contributed by atoms with Crippen molar-refractivity contribution < 1.29 is 22.4 Å². The minimum Gasteiger partial charge on any atom is -0.437 e. The molecule has 1 atom stereocenters. The molecule has 2 heterocycles. The van der Waals surface area contributed by atoms with Gasteiger partial charge in [-0.15, -0.1) is 0 Å². The standard InChI is InChI=1S/C7H12B2N2O5S/c1-9(13)10-3-2-7(4-10)5-16-17(14,15)11(7)6(8)12/h13H,2-5H2,1H3/t7-/m1/s1. The van der Waals surface area contributed by atoms with Crippen molar-refractivity contribution in [1.29, 1.82) is 0 Å². The number of hydrogen-bond acceptors (Lipinski definition) is 6. The average molecular weight is 258 g/mol. The Labute approximate surface area is 102 Å². The first-order chi connectivity index (χ1) is 7.78. The summed E-state index contributed by atoms with van der Waals surface area (Å²) in [6, 6.07) is 0. The lowest BCUT2D eigenvalue weighted by atomic mass is 9.85. The third-order valence-corrected chi connectivity index (χ3v) is 4.65.